The van der Waals surface area contributed by atoms with Gasteiger partial charge in [0.25, 0.3) is 0 Å². The molecule has 0 spiro atoms. The third-order valence-electron chi connectivity index (χ3n) is 2.77. The van der Waals surface area contributed by atoms with Crippen LogP contribution >= 0.6 is 0 Å². The van der Waals surface area contributed by atoms with E-state index in [1.54, 1.807) is 0 Å². The zero-order valence-corrected chi connectivity index (χ0v) is 11.0. The summed E-state index contributed by atoms with van der Waals surface area (Å²) in [5.41, 5.74) is -0.354. The summed E-state index contributed by atoms with van der Waals surface area (Å²) in [6, 6.07) is -0.171. The molecule has 17 heavy (non-hydrogen) atoms. The molecule has 1 aliphatic heterocycles. The maximum Gasteiger partial charge on any atom is 0.315 e. The summed E-state index contributed by atoms with van der Waals surface area (Å²) in [7, 11) is 0. The van der Waals surface area contributed by atoms with E-state index >= 15 is 0 Å². The van der Waals surface area contributed by atoms with Crippen molar-refractivity contribution in [1.29, 1.82) is 0 Å². The number of urea groups is 1. The predicted molar refractivity (Wildman–Crippen MR) is 64.5 cm³/mol. The summed E-state index contributed by atoms with van der Waals surface area (Å²) in [6.45, 7) is 8.76. The normalized spacial score (nSPS) is 25.4. The predicted octanol–water partition coefficient (Wildman–Crippen LogP) is 1.28. The number of rotatable bonds is 5. The van der Waals surface area contributed by atoms with Crippen molar-refractivity contribution in [3.63, 3.8) is 0 Å². The molecule has 0 bridgehead atoms. The summed E-state index contributed by atoms with van der Waals surface area (Å²) >= 11 is 0. The molecule has 0 aliphatic carbocycles. The molecule has 5 heteroatoms. The fraction of sp³-hybridized carbons (Fsp3) is 0.833. The maximum absolute atomic E-state index is 11.7. The van der Waals surface area contributed by atoms with Gasteiger partial charge in [-0.15, -0.1) is 0 Å². The van der Waals surface area contributed by atoms with Gasteiger partial charge in [-0.2, -0.15) is 0 Å². The van der Waals surface area contributed by atoms with Crippen molar-refractivity contribution in [1.82, 2.24) is 10.6 Å². The summed E-state index contributed by atoms with van der Waals surface area (Å²) in [6.07, 6.45) is 0.586. The van der Waals surface area contributed by atoms with Gasteiger partial charge in [-0.25, -0.2) is 4.79 Å². The molecule has 2 N–H and O–H groups in total. The van der Waals surface area contributed by atoms with E-state index in [0.717, 1.165) is 0 Å². The standard InChI is InChI=1S/C12H22N2O3/c1-8(2)6-17-10(15)9(3)5-12(4)7-13-11(16)14-12/h8-9H,5-7H2,1-4H3,(H2,13,14,16). The number of esters is 1. The van der Waals surface area contributed by atoms with Gasteiger partial charge >= 0.3 is 12.0 Å². The van der Waals surface area contributed by atoms with Crippen LogP contribution in [0, 0.1) is 11.8 Å². The zero-order chi connectivity index (χ0) is 13.1. The number of hydrogen-bond acceptors (Lipinski definition) is 3. The third kappa shape index (κ3) is 4.24. The molecule has 1 heterocycles. The Bertz CT molecular complexity index is 304. The van der Waals surface area contributed by atoms with Crippen molar-refractivity contribution in [3.8, 4) is 0 Å². The van der Waals surface area contributed by atoms with Crippen LogP contribution in [-0.4, -0.2) is 30.7 Å². The highest BCUT2D eigenvalue weighted by molar-refractivity contribution is 5.78. The van der Waals surface area contributed by atoms with Crippen LogP contribution in [0.1, 0.15) is 34.1 Å². The molecule has 2 atom stereocenters. The van der Waals surface area contributed by atoms with E-state index in [-0.39, 0.29) is 23.5 Å². The molecule has 1 fully saturated rings. The molecular weight excluding hydrogens is 220 g/mol. The quantitative estimate of drug-likeness (QED) is 0.714. The van der Waals surface area contributed by atoms with Crippen LogP contribution in [0.15, 0.2) is 0 Å². The molecule has 98 valence electrons. The monoisotopic (exact) mass is 242 g/mol. The lowest BCUT2D eigenvalue weighted by Crippen LogP contribution is -2.43. The van der Waals surface area contributed by atoms with E-state index in [1.165, 1.54) is 0 Å². The van der Waals surface area contributed by atoms with Gasteiger partial charge in [0.1, 0.15) is 0 Å². The Balaban J connectivity index is 2.40. The van der Waals surface area contributed by atoms with Crippen molar-refractivity contribution in [3.05, 3.63) is 0 Å². The number of ether oxygens (including phenoxy) is 1. The third-order valence-corrected chi connectivity index (χ3v) is 2.77. The molecule has 5 nitrogen and oxygen atoms in total. The smallest absolute Gasteiger partial charge is 0.315 e. The van der Waals surface area contributed by atoms with E-state index in [2.05, 4.69) is 10.6 Å². The van der Waals surface area contributed by atoms with Gasteiger partial charge in [0.05, 0.1) is 18.1 Å². The molecule has 2 amide bonds. The fourth-order valence-corrected chi connectivity index (χ4v) is 1.91. The van der Waals surface area contributed by atoms with E-state index < -0.39 is 0 Å². The van der Waals surface area contributed by atoms with Crippen molar-refractivity contribution < 1.29 is 14.3 Å². The Morgan fingerprint density at radius 2 is 2.12 bits per heavy atom. The average molecular weight is 242 g/mol. The van der Waals surface area contributed by atoms with Gasteiger partial charge in [0, 0.05) is 6.54 Å². The van der Waals surface area contributed by atoms with Gasteiger partial charge in [-0.05, 0) is 19.3 Å². The molecule has 2 unspecified atom stereocenters. The number of nitrogens with one attached hydrogen (secondary N) is 2. The van der Waals surface area contributed by atoms with E-state index in [1.807, 2.05) is 27.7 Å². The van der Waals surface area contributed by atoms with Crippen LogP contribution in [0.3, 0.4) is 0 Å². The highest BCUT2D eigenvalue weighted by Gasteiger charge is 2.36. The maximum atomic E-state index is 11.7. The van der Waals surface area contributed by atoms with Gasteiger partial charge in [0.2, 0.25) is 0 Å². The molecular formula is C12H22N2O3. The lowest BCUT2D eigenvalue weighted by atomic mass is 9.91. The Labute approximate surface area is 102 Å². The Hall–Kier alpha value is -1.26. The average Bonchev–Trinajstić information content (AvgIpc) is 2.54. The topological polar surface area (TPSA) is 67.4 Å². The summed E-state index contributed by atoms with van der Waals surface area (Å²) in [5.74, 6) is -0.0605. The lowest BCUT2D eigenvalue weighted by molar-refractivity contribution is -0.149. The first-order valence-corrected chi connectivity index (χ1v) is 6.05. The minimum absolute atomic E-state index is 0.171. The van der Waals surface area contributed by atoms with Crippen molar-refractivity contribution in [2.45, 2.75) is 39.7 Å². The minimum Gasteiger partial charge on any atom is -0.465 e. The Morgan fingerprint density at radius 1 is 1.47 bits per heavy atom. The fourth-order valence-electron chi connectivity index (χ4n) is 1.91. The Morgan fingerprint density at radius 3 is 2.59 bits per heavy atom. The highest BCUT2D eigenvalue weighted by atomic mass is 16.5. The molecule has 0 radical (unpaired) electrons. The van der Waals surface area contributed by atoms with Crippen LogP contribution in [0.4, 0.5) is 4.79 Å². The van der Waals surface area contributed by atoms with E-state index in [4.69, 9.17) is 4.74 Å². The zero-order valence-electron chi connectivity index (χ0n) is 11.0. The van der Waals surface area contributed by atoms with Crippen molar-refractivity contribution >= 4 is 12.0 Å². The van der Waals surface area contributed by atoms with E-state index in [0.29, 0.717) is 25.5 Å². The van der Waals surface area contributed by atoms with Crippen molar-refractivity contribution in [2.75, 3.05) is 13.2 Å². The van der Waals surface area contributed by atoms with Gasteiger partial charge < -0.3 is 15.4 Å². The summed E-state index contributed by atoms with van der Waals surface area (Å²) in [5, 5.41) is 5.53. The van der Waals surface area contributed by atoms with Crippen LogP contribution < -0.4 is 10.6 Å². The van der Waals surface area contributed by atoms with Crippen LogP contribution in [-0.2, 0) is 9.53 Å². The first kappa shape index (κ1) is 13.8. The van der Waals surface area contributed by atoms with Crippen LogP contribution in [0.25, 0.3) is 0 Å². The second-order valence-electron chi connectivity index (χ2n) is 5.50. The van der Waals surface area contributed by atoms with Gasteiger partial charge in [-0.3, -0.25) is 4.79 Å². The summed E-state index contributed by atoms with van der Waals surface area (Å²) < 4.78 is 5.18. The van der Waals surface area contributed by atoms with Crippen LogP contribution in [0.5, 0.6) is 0 Å². The minimum atomic E-state index is -0.354. The summed E-state index contributed by atoms with van der Waals surface area (Å²) in [4.78, 5) is 22.8. The molecule has 1 saturated heterocycles. The number of carbonyl (C=O) groups is 2. The van der Waals surface area contributed by atoms with Gasteiger partial charge in [0.15, 0.2) is 0 Å². The lowest BCUT2D eigenvalue weighted by Gasteiger charge is -2.25. The number of hydrogen-bond donors (Lipinski definition) is 2. The first-order chi connectivity index (χ1) is 7.82. The highest BCUT2D eigenvalue weighted by Crippen LogP contribution is 2.20. The molecule has 0 saturated carbocycles. The van der Waals surface area contributed by atoms with Crippen molar-refractivity contribution in [2.24, 2.45) is 11.8 Å². The van der Waals surface area contributed by atoms with Crippen LogP contribution in [0.2, 0.25) is 0 Å². The Kier molecular flexibility index (Phi) is 4.37. The molecule has 0 aromatic rings. The number of amides is 2. The second kappa shape index (κ2) is 5.38. The number of carbonyl (C=O) groups excluding carboxylic acids is 2. The molecule has 0 aromatic carbocycles. The molecule has 1 aliphatic rings. The van der Waals surface area contributed by atoms with Gasteiger partial charge in [-0.1, -0.05) is 20.8 Å². The molecule has 1 rings (SSSR count). The first-order valence-electron chi connectivity index (χ1n) is 6.05. The largest absolute Gasteiger partial charge is 0.465 e. The van der Waals surface area contributed by atoms with E-state index in [9.17, 15) is 9.59 Å². The second-order valence-corrected chi connectivity index (χ2v) is 5.50. The molecule has 0 aromatic heterocycles. The SMILES string of the molecule is CC(C)COC(=O)C(C)CC1(C)CNC(=O)N1.